The van der Waals surface area contributed by atoms with Crippen molar-refractivity contribution >= 4 is 0 Å². The van der Waals surface area contributed by atoms with Gasteiger partial charge >= 0.3 is 0 Å². The highest BCUT2D eigenvalue weighted by Crippen LogP contribution is 2.39. The molecule has 0 radical (unpaired) electrons. The van der Waals surface area contributed by atoms with E-state index in [0.717, 1.165) is 24.5 Å². The van der Waals surface area contributed by atoms with E-state index in [9.17, 15) is 8.78 Å². The Hall–Kier alpha value is -2.48. The molecule has 0 N–H and O–H groups in total. The molecule has 3 aromatic rings. The summed E-state index contributed by atoms with van der Waals surface area (Å²) < 4.78 is 26.9. The van der Waals surface area contributed by atoms with Crippen molar-refractivity contribution in [3.8, 4) is 22.3 Å². The zero-order valence-electron chi connectivity index (χ0n) is 12.9. The third kappa shape index (κ3) is 2.44. The molecule has 0 saturated heterocycles. The van der Waals surface area contributed by atoms with Crippen LogP contribution in [0.15, 0.2) is 54.6 Å². The highest BCUT2D eigenvalue weighted by molar-refractivity contribution is 5.80. The van der Waals surface area contributed by atoms with Crippen molar-refractivity contribution in [2.75, 3.05) is 0 Å². The van der Waals surface area contributed by atoms with Crippen LogP contribution in [0.2, 0.25) is 0 Å². The first kappa shape index (κ1) is 14.1. The quantitative estimate of drug-likeness (QED) is 0.441. The van der Waals surface area contributed by atoms with Gasteiger partial charge in [-0.15, -0.1) is 0 Å². The van der Waals surface area contributed by atoms with E-state index < -0.39 is 11.6 Å². The number of rotatable bonds is 2. The molecule has 0 fully saturated rings. The first-order chi connectivity index (χ1) is 11.1. The third-order valence-corrected chi connectivity index (χ3v) is 4.55. The fourth-order valence-electron chi connectivity index (χ4n) is 3.38. The summed E-state index contributed by atoms with van der Waals surface area (Å²) in [6.45, 7) is 2.15. The molecule has 1 aliphatic rings. The second-order valence-electron chi connectivity index (χ2n) is 6.05. The van der Waals surface area contributed by atoms with E-state index >= 15 is 0 Å². The van der Waals surface area contributed by atoms with Crippen LogP contribution in [-0.2, 0) is 12.8 Å². The van der Waals surface area contributed by atoms with Gasteiger partial charge in [-0.3, -0.25) is 0 Å². The summed E-state index contributed by atoms with van der Waals surface area (Å²) in [5, 5.41) is 0. The van der Waals surface area contributed by atoms with Gasteiger partial charge in [0.1, 0.15) is 11.6 Å². The summed E-state index contributed by atoms with van der Waals surface area (Å²) in [7, 11) is 0. The molecule has 0 aliphatic heterocycles. The van der Waals surface area contributed by atoms with Crippen molar-refractivity contribution in [1.29, 1.82) is 0 Å². The predicted molar refractivity (Wildman–Crippen MR) is 89.4 cm³/mol. The third-order valence-electron chi connectivity index (χ3n) is 4.55. The van der Waals surface area contributed by atoms with E-state index in [2.05, 4.69) is 37.3 Å². The Morgan fingerprint density at radius 3 is 2.09 bits per heavy atom. The molecule has 0 atom stereocenters. The van der Waals surface area contributed by atoms with E-state index in [-0.39, 0.29) is 0 Å². The first-order valence-corrected chi connectivity index (χ1v) is 7.85. The van der Waals surface area contributed by atoms with Crippen LogP contribution in [0.5, 0.6) is 0 Å². The normalized spacial score (nSPS) is 12.1. The fraction of sp³-hybridized carbons (Fsp3) is 0.143. The molecule has 1 aliphatic carbocycles. The lowest BCUT2D eigenvalue weighted by molar-refractivity contribution is 0.584. The molecule has 0 bridgehead atoms. The van der Waals surface area contributed by atoms with Crippen LogP contribution in [0.3, 0.4) is 0 Å². The van der Waals surface area contributed by atoms with E-state index in [1.54, 1.807) is 0 Å². The molecule has 0 nitrogen and oxygen atoms in total. The average Bonchev–Trinajstić information content (AvgIpc) is 2.90. The summed E-state index contributed by atoms with van der Waals surface area (Å²) in [4.78, 5) is 0. The largest absolute Gasteiger partial charge is 0.207 e. The average molecular weight is 306 g/mol. The van der Waals surface area contributed by atoms with Gasteiger partial charge in [-0.1, -0.05) is 43.3 Å². The van der Waals surface area contributed by atoms with Gasteiger partial charge in [0.25, 0.3) is 0 Å². The Labute approximate surface area is 134 Å². The molecule has 0 spiro atoms. The van der Waals surface area contributed by atoms with Crippen molar-refractivity contribution < 1.29 is 8.78 Å². The summed E-state index contributed by atoms with van der Waals surface area (Å²) in [6, 6.07) is 16.3. The lowest BCUT2D eigenvalue weighted by atomic mass is 9.99. The highest BCUT2D eigenvalue weighted by Gasteiger charge is 2.19. The number of benzene rings is 3. The Kier molecular flexibility index (Phi) is 3.26. The van der Waals surface area contributed by atoms with Gasteiger partial charge in [0.05, 0.1) is 0 Å². The van der Waals surface area contributed by atoms with E-state index in [0.29, 0.717) is 5.56 Å². The molecular formula is C21H16F2. The van der Waals surface area contributed by atoms with Crippen LogP contribution >= 0.6 is 0 Å². The topological polar surface area (TPSA) is 0 Å². The fourth-order valence-corrected chi connectivity index (χ4v) is 3.38. The number of hydrogen-bond acceptors (Lipinski definition) is 0. The van der Waals surface area contributed by atoms with Gasteiger partial charge in [-0.25, -0.2) is 8.78 Å². The standard InChI is InChI=1S/C21H16F2/c1-2-13-3-5-20-16(7-13)9-17-8-14(4-6-21(17)20)15-10-18(22)12-19(23)11-15/h3-8,10-12H,2,9H2,1H3. The lowest BCUT2D eigenvalue weighted by Gasteiger charge is -2.06. The molecule has 0 amide bonds. The van der Waals surface area contributed by atoms with Crippen molar-refractivity contribution in [2.45, 2.75) is 19.8 Å². The molecule has 2 heteroatoms. The van der Waals surface area contributed by atoms with Crippen molar-refractivity contribution in [3.05, 3.63) is 82.9 Å². The number of aryl methyl sites for hydroxylation is 1. The molecule has 0 unspecified atom stereocenters. The van der Waals surface area contributed by atoms with Gasteiger partial charge in [-0.2, -0.15) is 0 Å². The second-order valence-corrected chi connectivity index (χ2v) is 6.05. The maximum atomic E-state index is 13.4. The highest BCUT2D eigenvalue weighted by atomic mass is 19.1. The number of hydrogen-bond donors (Lipinski definition) is 0. The minimum absolute atomic E-state index is 0.545. The monoisotopic (exact) mass is 306 g/mol. The predicted octanol–water partition coefficient (Wildman–Crippen LogP) is 5.77. The maximum Gasteiger partial charge on any atom is 0.126 e. The van der Waals surface area contributed by atoms with Crippen LogP contribution in [0.4, 0.5) is 8.78 Å². The molecule has 0 heterocycles. The molecule has 23 heavy (non-hydrogen) atoms. The van der Waals surface area contributed by atoms with Crippen LogP contribution in [0, 0.1) is 11.6 Å². The van der Waals surface area contributed by atoms with E-state index in [4.69, 9.17) is 0 Å². The summed E-state index contributed by atoms with van der Waals surface area (Å²) >= 11 is 0. The van der Waals surface area contributed by atoms with E-state index in [1.807, 2.05) is 6.07 Å². The molecule has 0 saturated carbocycles. The smallest absolute Gasteiger partial charge is 0.126 e. The summed E-state index contributed by atoms with van der Waals surface area (Å²) in [6.07, 6.45) is 1.90. The van der Waals surface area contributed by atoms with Gasteiger partial charge in [0, 0.05) is 6.07 Å². The maximum absolute atomic E-state index is 13.4. The molecule has 3 aromatic carbocycles. The minimum atomic E-state index is -0.545. The second kappa shape index (κ2) is 5.31. The van der Waals surface area contributed by atoms with Crippen molar-refractivity contribution in [2.24, 2.45) is 0 Å². The van der Waals surface area contributed by atoms with Crippen molar-refractivity contribution in [3.63, 3.8) is 0 Å². The van der Waals surface area contributed by atoms with Crippen LogP contribution in [0.1, 0.15) is 23.6 Å². The molecule has 0 aromatic heterocycles. The van der Waals surface area contributed by atoms with Crippen molar-refractivity contribution in [1.82, 2.24) is 0 Å². The lowest BCUT2D eigenvalue weighted by Crippen LogP contribution is -1.87. The Balaban J connectivity index is 1.78. The number of fused-ring (bicyclic) bond motifs is 3. The van der Waals surface area contributed by atoms with Crippen LogP contribution in [0.25, 0.3) is 22.3 Å². The molecular weight excluding hydrogens is 290 g/mol. The minimum Gasteiger partial charge on any atom is -0.207 e. The molecule has 4 rings (SSSR count). The number of halogens is 2. The molecule has 114 valence electrons. The Bertz CT molecular complexity index is 889. The Morgan fingerprint density at radius 2 is 1.39 bits per heavy atom. The summed E-state index contributed by atoms with van der Waals surface area (Å²) in [5.74, 6) is -1.09. The zero-order valence-corrected chi connectivity index (χ0v) is 12.9. The zero-order chi connectivity index (χ0) is 16.0. The van der Waals surface area contributed by atoms with E-state index in [1.165, 1.54) is 39.9 Å². The van der Waals surface area contributed by atoms with Crippen LogP contribution < -0.4 is 0 Å². The summed E-state index contributed by atoms with van der Waals surface area (Å²) in [5.41, 5.74) is 7.82. The Morgan fingerprint density at radius 1 is 0.739 bits per heavy atom. The first-order valence-electron chi connectivity index (χ1n) is 7.85. The van der Waals surface area contributed by atoms with Gasteiger partial charge in [0.2, 0.25) is 0 Å². The van der Waals surface area contributed by atoms with Crippen LogP contribution in [-0.4, -0.2) is 0 Å². The van der Waals surface area contributed by atoms with Gasteiger partial charge in [-0.05, 0) is 63.9 Å². The van der Waals surface area contributed by atoms with Gasteiger partial charge < -0.3 is 0 Å². The van der Waals surface area contributed by atoms with Gasteiger partial charge in [0.15, 0.2) is 0 Å². The SMILES string of the molecule is CCc1ccc2c(c1)Cc1cc(-c3cc(F)cc(F)c3)ccc1-2.